The lowest BCUT2D eigenvalue weighted by Gasteiger charge is -2.16. The standard InChI is InChI=1S/C22H31NO3.ClH/c1-4-24-15-7-14-23-16-20-8-6-9-21(25-5-2)22(20)26-17-19-12-10-18(3)11-13-19;/h6,8-13,23H,4-5,7,14-17H2,1-3H3;1H. The maximum atomic E-state index is 6.15. The summed E-state index contributed by atoms with van der Waals surface area (Å²) in [5, 5.41) is 3.46. The van der Waals surface area contributed by atoms with Crippen molar-refractivity contribution in [2.24, 2.45) is 0 Å². The van der Waals surface area contributed by atoms with Gasteiger partial charge in [-0.15, -0.1) is 12.4 Å². The summed E-state index contributed by atoms with van der Waals surface area (Å²) in [4.78, 5) is 0. The van der Waals surface area contributed by atoms with Gasteiger partial charge in [-0.3, -0.25) is 0 Å². The molecule has 0 amide bonds. The van der Waals surface area contributed by atoms with Crippen LogP contribution in [0.15, 0.2) is 42.5 Å². The first-order valence-electron chi connectivity index (χ1n) is 9.46. The van der Waals surface area contributed by atoms with Gasteiger partial charge in [0.1, 0.15) is 6.61 Å². The van der Waals surface area contributed by atoms with E-state index in [9.17, 15) is 0 Å². The van der Waals surface area contributed by atoms with Crippen molar-refractivity contribution in [3.63, 3.8) is 0 Å². The summed E-state index contributed by atoms with van der Waals surface area (Å²) in [5.41, 5.74) is 3.51. The molecule has 2 aromatic rings. The topological polar surface area (TPSA) is 39.7 Å². The second-order valence-electron chi connectivity index (χ2n) is 6.18. The van der Waals surface area contributed by atoms with Gasteiger partial charge in [0.2, 0.25) is 0 Å². The summed E-state index contributed by atoms with van der Waals surface area (Å²) in [6, 6.07) is 14.5. The molecule has 27 heavy (non-hydrogen) atoms. The maximum absolute atomic E-state index is 6.15. The Kier molecular flexibility index (Phi) is 11.6. The van der Waals surface area contributed by atoms with Crippen LogP contribution in [0.2, 0.25) is 0 Å². The number of benzene rings is 2. The lowest BCUT2D eigenvalue weighted by Crippen LogP contribution is -2.17. The molecule has 4 nitrogen and oxygen atoms in total. The fourth-order valence-corrected chi connectivity index (χ4v) is 2.64. The van der Waals surface area contributed by atoms with Gasteiger partial charge in [0, 0.05) is 25.3 Å². The molecule has 0 saturated carbocycles. The molecule has 0 fully saturated rings. The monoisotopic (exact) mass is 393 g/mol. The molecular weight excluding hydrogens is 362 g/mol. The minimum Gasteiger partial charge on any atom is -0.490 e. The molecule has 0 aromatic heterocycles. The summed E-state index contributed by atoms with van der Waals surface area (Å²) in [5.74, 6) is 1.63. The van der Waals surface area contributed by atoms with Crippen molar-refractivity contribution >= 4 is 12.4 Å². The van der Waals surface area contributed by atoms with Gasteiger partial charge in [-0.2, -0.15) is 0 Å². The fourth-order valence-electron chi connectivity index (χ4n) is 2.64. The van der Waals surface area contributed by atoms with Crippen LogP contribution in [0.5, 0.6) is 11.5 Å². The van der Waals surface area contributed by atoms with E-state index in [1.807, 2.05) is 26.0 Å². The predicted octanol–water partition coefficient (Wildman–Crippen LogP) is 4.91. The van der Waals surface area contributed by atoms with Gasteiger partial charge in [0.25, 0.3) is 0 Å². The van der Waals surface area contributed by atoms with Crippen molar-refractivity contribution in [3.05, 3.63) is 59.2 Å². The largest absolute Gasteiger partial charge is 0.490 e. The predicted molar refractivity (Wildman–Crippen MR) is 113 cm³/mol. The van der Waals surface area contributed by atoms with Crippen LogP contribution in [0.3, 0.4) is 0 Å². The smallest absolute Gasteiger partial charge is 0.166 e. The van der Waals surface area contributed by atoms with Gasteiger partial charge in [-0.05, 0) is 45.4 Å². The number of nitrogens with one attached hydrogen (secondary N) is 1. The second kappa shape index (κ2) is 13.4. The number of halogens is 1. The Hall–Kier alpha value is -1.75. The second-order valence-corrected chi connectivity index (χ2v) is 6.18. The normalized spacial score (nSPS) is 10.3. The number of rotatable bonds is 12. The van der Waals surface area contributed by atoms with E-state index in [1.54, 1.807) is 0 Å². The highest BCUT2D eigenvalue weighted by atomic mass is 35.5. The molecule has 150 valence electrons. The van der Waals surface area contributed by atoms with Crippen LogP contribution in [-0.2, 0) is 17.9 Å². The summed E-state index contributed by atoms with van der Waals surface area (Å²) < 4.78 is 17.3. The minimum atomic E-state index is 0. The summed E-state index contributed by atoms with van der Waals surface area (Å²) in [6.07, 6.45) is 0.999. The average Bonchev–Trinajstić information content (AvgIpc) is 2.65. The van der Waals surface area contributed by atoms with E-state index >= 15 is 0 Å². The highest BCUT2D eigenvalue weighted by molar-refractivity contribution is 5.85. The molecule has 0 heterocycles. The number of hydrogen-bond acceptors (Lipinski definition) is 4. The third-order valence-corrected chi connectivity index (χ3v) is 4.03. The zero-order chi connectivity index (χ0) is 18.6. The third-order valence-electron chi connectivity index (χ3n) is 4.03. The molecule has 2 aromatic carbocycles. The van der Waals surface area contributed by atoms with Crippen LogP contribution < -0.4 is 14.8 Å². The first-order chi connectivity index (χ1) is 12.7. The van der Waals surface area contributed by atoms with Gasteiger partial charge in [-0.25, -0.2) is 0 Å². The van der Waals surface area contributed by atoms with E-state index in [0.717, 1.165) is 55.4 Å². The molecule has 0 atom stereocenters. The van der Waals surface area contributed by atoms with Crippen LogP contribution in [-0.4, -0.2) is 26.4 Å². The minimum absolute atomic E-state index is 0. The van der Waals surface area contributed by atoms with Crippen LogP contribution in [0.1, 0.15) is 37.0 Å². The summed E-state index contributed by atoms with van der Waals surface area (Å²) in [6.45, 7) is 10.5. The zero-order valence-corrected chi connectivity index (χ0v) is 17.4. The Morgan fingerprint density at radius 3 is 2.41 bits per heavy atom. The zero-order valence-electron chi connectivity index (χ0n) is 16.6. The molecule has 0 aliphatic heterocycles. The molecular formula is C22H32ClNO3. The van der Waals surface area contributed by atoms with Crippen LogP contribution in [0.25, 0.3) is 0 Å². The Labute approximate surface area is 169 Å². The van der Waals surface area contributed by atoms with E-state index in [0.29, 0.717) is 13.2 Å². The Balaban J connectivity index is 0.00000364. The molecule has 0 saturated heterocycles. The van der Waals surface area contributed by atoms with Gasteiger partial charge in [0.15, 0.2) is 11.5 Å². The van der Waals surface area contributed by atoms with Crippen LogP contribution >= 0.6 is 12.4 Å². The third kappa shape index (κ3) is 8.21. The quantitative estimate of drug-likeness (QED) is 0.520. The number of hydrogen-bond donors (Lipinski definition) is 1. The molecule has 1 N–H and O–H groups in total. The van der Waals surface area contributed by atoms with Crippen LogP contribution in [0.4, 0.5) is 0 Å². The first-order valence-corrected chi connectivity index (χ1v) is 9.46. The van der Waals surface area contributed by atoms with Crippen LogP contribution in [0, 0.1) is 6.92 Å². The molecule has 0 bridgehead atoms. The summed E-state index contributed by atoms with van der Waals surface area (Å²) >= 11 is 0. The maximum Gasteiger partial charge on any atom is 0.166 e. The molecule has 2 rings (SSSR count). The lowest BCUT2D eigenvalue weighted by atomic mass is 10.1. The number of para-hydroxylation sites is 1. The number of ether oxygens (including phenoxy) is 3. The highest BCUT2D eigenvalue weighted by Gasteiger charge is 2.11. The molecule has 0 aliphatic carbocycles. The van der Waals surface area contributed by atoms with Crippen molar-refractivity contribution in [2.45, 2.75) is 40.3 Å². The first kappa shape index (κ1) is 23.3. The van der Waals surface area contributed by atoms with E-state index in [-0.39, 0.29) is 12.4 Å². The summed E-state index contributed by atoms with van der Waals surface area (Å²) in [7, 11) is 0. The van der Waals surface area contributed by atoms with Gasteiger partial charge >= 0.3 is 0 Å². The van der Waals surface area contributed by atoms with Gasteiger partial charge < -0.3 is 19.5 Å². The van der Waals surface area contributed by atoms with Gasteiger partial charge in [-0.1, -0.05) is 42.0 Å². The fraction of sp³-hybridized carbons (Fsp3) is 0.455. The molecule has 0 spiro atoms. The Morgan fingerprint density at radius 2 is 1.70 bits per heavy atom. The van der Waals surface area contributed by atoms with E-state index in [2.05, 4.69) is 42.6 Å². The van der Waals surface area contributed by atoms with E-state index in [1.165, 1.54) is 5.56 Å². The Morgan fingerprint density at radius 1 is 0.926 bits per heavy atom. The van der Waals surface area contributed by atoms with Crippen molar-refractivity contribution in [1.82, 2.24) is 5.32 Å². The number of aryl methyl sites for hydroxylation is 1. The van der Waals surface area contributed by atoms with Crippen molar-refractivity contribution in [3.8, 4) is 11.5 Å². The van der Waals surface area contributed by atoms with E-state index < -0.39 is 0 Å². The van der Waals surface area contributed by atoms with Gasteiger partial charge in [0.05, 0.1) is 6.61 Å². The van der Waals surface area contributed by atoms with Crippen molar-refractivity contribution in [2.75, 3.05) is 26.4 Å². The molecule has 0 radical (unpaired) electrons. The molecule has 5 heteroatoms. The molecule has 0 unspecified atom stereocenters. The van der Waals surface area contributed by atoms with Crippen molar-refractivity contribution < 1.29 is 14.2 Å². The van der Waals surface area contributed by atoms with E-state index in [4.69, 9.17) is 14.2 Å². The highest BCUT2D eigenvalue weighted by Crippen LogP contribution is 2.32. The molecule has 0 aliphatic rings. The van der Waals surface area contributed by atoms with Crippen molar-refractivity contribution in [1.29, 1.82) is 0 Å². The lowest BCUT2D eigenvalue weighted by molar-refractivity contribution is 0.144. The SMILES string of the molecule is CCOCCCNCc1cccc(OCC)c1OCc1ccc(C)cc1.Cl. The Bertz CT molecular complexity index is 647. The average molecular weight is 394 g/mol.